The molecule has 1 amide bonds. The van der Waals surface area contributed by atoms with Crippen LogP contribution in [-0.2, 0) is 14.3 Å². The Labute approximate surface area is 103 Å². The summed E-state index contributed by atoms with van der Waals surface area (Å²) in [5.74, 6) is -0.269. The summed E-state index contributed by atoms with van der Waals surface area (Å²) in [6, 6.07) is 0.0705. The third-order valence-electron chi connectivity index (χ3n) is 2.78. The Balaban J connectivity index is 4.08. The molecule has 17 heavy (non-hydrogen) atoms. The molecule has 5 heteroatoms. The van der Waals surface area contributed by atoms with Gasteiger partial charge in [0.05, 0.1) is 13.0 Å². The van der Waals surface area contributed by atoms with Gasteiger partial charge < -0.3 is 15.0 Å². The maximum absolute atomic E-state index is 11.4. The van der Waals surface area contributed by atoms with Gasteiger partial charge >= 0.3 is 5.97 Å². The van der Waals surface area contributed by atoms with Crippen LogP contribution in [0.3, 0.4) is 0 Å². The van der Waals surface area contributed by atoms with Crippen molar-refractivity contribution in [2.24, 2.45) is 5.92 Å². The Morgan fingerprint density at radius 2 is 1.94 bits per heavy atom. The van der Waals surface area contributed by atoms with Gasteiger partial charge in [-0.2, -0.15) is 0 Å². The van der Waals surface area contributed by atoms with Crippen molar-refractivity contribution in [1.82, 2.24) is 10.2 Å². The lowest BCUT2D eigenvalue weighted by Gasteiger charge is -2.26. The molecule has 1 N–H and O–H groups in total. The molecular formula is C12H24N2O3. The minimum absolute atomic E-state index is 0.0141. The molecule has 0 aromatic carbocycles. The molecule has 2 unspecified atom stereocenters. The zero-order valence-electron chi connectivity index (χ0n) is 11.4. The molecule has 0 aromatic heterocycles. The number of carbonyl (C=O) groups is 2. The largest absolute Gasteiger partial charge is 0.466 e. The number of esters is 1. The average Bonchev–Trinajstić information content (AvgIpc) is 2.27. The summed E-state index contributed by atoms with van der Waals surface area (Å²) in [7, 11) is 3.53. The average molecular weight is 244 g/mol. The quantitative estimate of drug-likeness (QED) is 0.668. The van der Waals surface area contributed by atoms with Crippen molar-refractivity contribution in [2.45, 2.75) is 33.2 Å². The molecule has 2 atom stereocenters. The van der Waals surface area contributed by atoms with Crippen LogP contribution in [0.5, 0.6) is 0 Å². The summed E-state index contributed by atoms with van der Waals surface area (Å²) in [6.07, 6.45) is 0.352. The van der Waals surface area contributed by atoms with Crippen LogP contribution >= 0.6 is 0 Å². The monoisotopic (exact) mass is 244 g/mol. The number of ether oxygens (including phenoxy) is 1. The highest BCUT2D eigenvalue weighted by Gasteiger charge is 2.19. The topological polar surface area (TPSA) is 58.6 Å². The number of carbonyl (C=O) groups excluding carboxylic acids is 2. The van der Waals surface area contributed by atoms with E-state index in [2.05, 4.69) is 5.32 Å². The number of rotatable bonds is 7. The Morgan fingerprint density at radius 3 is 2.41 bits per heavy atom. The third-order valence-corrected chi connectivity index (χ3v) is 2.78. The van der Waals surface area contributed by atoms with Crippen molar-refractivity contribution in [1.29, 1.82) is 0 Å². The van der Waals surface area contributed by atoms with Crippen molar-refractivity contribution in [3.8, 4) is 0 Å². The molecule has 0 bridgehead atoms. The highest BCUT2D eigenvalue weighted by molar-refractivity contribution is 5.78. The number of hydrogen-bond acceptors (Lipinski definition) is 4. The standard InChI is InChI=1S/C12H24N2O3/c1-6-17-11(15)7-10(3)14(5)8-9(2)12(16)13-4/h9-10H,6-8H2,1-5H3,(H,13,16). The van der Waals surface area contributed by atoms with Crippen LogP contribution in [-0.4, -0.2) is 50.1 Å². The van der Waals surface area contributed by atoms with Crippen LogP contribution in [0.25, 0.3) is 0 Å². The molecule has 0 rings (SSSR count). The van der Waals surface area contributed by atoms with Gasteiger partial charge in [0.25, 0.3) is 0 Å². The van der Waals surface area contributed by atoms with E-state index in [9.17, 15) is 9.59 Å². The van der Waals surface area contributed by atoms with E-state index in [1.54, 1.807) is 14.0 Å². The van der Waals surface area contributed by atoms with Crippen LogP contribution in [0.1, 0.15) is 27.2 Å². The van der Waals surface area contributed by atoms with Gasteiger partial charge in [-0.15, -0.1) is 0 Å². The van der Waals surface area contributed by atoms with Gasteiger partial charge in [-0.1, -0.05) is 6.92 Å². The smallest absolute Gasteiger partial charge is 0.307 e. The number of hydrogen-bond donors (Lipinski definition) is 1. The summed E-state index contributed by atoms with van der Waals surface area (Å²) in [4.78, 5) is 24.7. The summed E-state index contributed by atoms with van der Waals surface area (Å²) in [5.41, 5.74) is 0. The first-order valence-corrected chi connectivity index (χ1v) is 5.99. The lowest BCUT2D eigenvalue weighted by Crippen LogP contribution is -2.39. The third kappa shape index (κ3) is 6.26. The zero-order chi connectivity index (χ0) is 13.4. The molecule has 0 radical (unpaired) electrons. The van der Waals surface area contributed by atoms with Crippen molar-refractivity contribution >= 4 is 11.9 Å². The van der Waals surface area contributed by atoms with Crippen molar-refractivity contribution in [3.05, 3.63) is 0 Å². The molecule has 0 saturated heterocycles. The molecule has 0 spiro atoms. The summed E-state index contributed by atoms with van der Waals surface area (Å²) in [6.45, 7) is 6.64. The molecule has 0 aromatic rings. The number of amides is 1. The van der Waals surface area contributed by atoms with E-state index in [-0.39, 0.29) is 23.8 Å². The van der Waals surface area contributed by atoms with Gasteiger partial charge in [0.15, 0.2) is 0 Å². The molecule has 0 heterocycles. The number of nitrogens with one attached hydrogen (secondary N) is 1. The predicted octanol–water partition coefficient (Wildman–Crippen LogP) is 0.642. The van der Waals surface area contributed by atoms with Crippen LogP contribution in [0.4, 0.5) is 0 Å². The first kappa shape index (κ1) is 15.9. The van der Waals surface area contributed by atoms with Gasteiger partial charge in [-0.25, -0.2) is 0 Å². The van der Waals surface area contributed by atoms with E-state index >= 15 is 0 Å². The fourth-order valence-electron chi connectivity index (χ4n) is 1.56. The Hall–Kier alpha value is -1.10. The van der Waals surface area contributed by atoms with E-state index in [0.717, 1.165) is 0 Å². The normalized spacial score (nSPS) is 14.2. The first-order valence-electron chi connectivity index (χ1n) is 5.99. The van der Waals surface area contributed by atoms with E-state index in [1.165, 1.54) is 0 Å². The highest BCUT2D eigenvalue weighted by Crippen LogP contribution is 2.06. The fraction of sp³-hybridized carbons (Fsp3) is 0.833. The van der Waals surface area contributed by atoms with Crippen molar-refractivity contribution in [2.75, 3.05) is 27.2 Å². The van der Waals surface area contributed by atoms with Crippen LogP contribution < -0.4 is 5.32 Å². The lowest BCUT2D eigenvalue weighted by molar-refractivity contribution is -0.144. The van der Waals surface area contributed by atoms with Crippen LogP contribution in [0.2, 0.25) is 0 Å². The predicted molar refractivity (Wildman–Crippen MR) is 66.6 cm³/mol. The van der Waals surface area contributed by atoms with Gasteiger partial charge in [-0.05, 0) is 20.9 Å². The van der Waals surface area contributed by atoms with Crippen molar-refractivity contribution < 1.29 is 14.3 Å². The van der Waals surface area contributed by atoms with E-state index in [1.807, 2.05) is 25.8 Å². The summed E-state index contributed by atoms with van der Waals surface area (Å²) < 4.78 is 4.89. The van der Waals surface area contributed by atoms with Gasteiger partial charge in [0.2, 0.25) is 5.91 Å². The van der Waals surface area contributed by atoms with Crippen LogP contribution in [0.15, 0.2) is 0 Å². The SMILES string of the molecule is CCOC(=O)CC(C)N(C)CC(C)C(=O)NC. The van der Waals surface area contributed by atoms with Gasteiger partial charge in [0.1, 0.15) is 0 Å². The molecule has 0 fully saturated rings. The zero-order valence-corrected chi connectivity index (χ0v) is 11.4. The second-order valence-electron chi connectivity index (χ2n) is 4.31. The van der Waals surface area contributed by atoms with Crippen molar-refractivity contribution in [3.63, 3.8) is 0 Å². The molecule has 0 aliphatic heterocycles. The van der Waals surface area contributed by atoms with E-state index in [0.29, 0.717) is 19.6 Å². The van der Waals surface area contributed by atoms with E-state index in [4.69, 9.17) is 4.74 Å². The molecule has 0 aliphatic rings. The van der Waals surface area contributed by atoms with E-state index < -0.39 is 0 Å². The Bertz CT molecular complexity index is 256. The molecular weight excluding hydrogens is 220 g/mol. The second kappa shape index (κ2) is 8.06. The molecule has 100 valence electrons. The highest BCUT2D eigenvalue weighted by atomic mass is 16.5. The van der Waals surface area contributed by atoms with Crippen LogP contribution in [0, 0.1) is 5.92 Å². The molecule has 0 saturated carbocycles. The molecule has 0 aliphatic carbocycles. The molecule has 5 nitrogen and oxygen atoms in total. The Kier molecular flexibility index (Phi) is 7.54. The maximum atomic E-state index is 11.4. The maximum Gasteiger partial charge on any atom is 0.307 e. The van der Waals surface area contributed by atoms with Gasteiger partial charge in [-0.3, -0.25) is 9.59 Å². The minimum atomic E-state index is -0.195. The first-order chi connectivity index (χ1) is 7.92. The second-order valence-corrected chi connectivity index (χ2v) is 4.31. The minimum Gasteiger partial charge on any atom is -0.466 e. The lowest BCUT2D eigenvalue weighted by atomic mass is 10.1. The number of nitrogens with zero attached hydrogens (tertiary/aromatic N) is 1. The summed E-state index contributed by atoms with van der Waals surface area (Å²) in [5, 5.41) is 2.61. The Morgan fingerprint density at radius 1 is 1.35 bits per heavy atom. The summed E-state index contributed by atoms with van der Waals surface area (Å²) >= 11 is 0. The fourth-order valence-corrected chi connectivity index (χ4v) is 1.56. The van der Waals surface area contributed by atoms with Gasteiger partial charge in [0, 0.05) is 25.6 Å².